The van der Waals surface area contributed by atoms with Crippen molar-refractivity contribution in [3.8, 4) is 0 Å². The van der Waals surface area contributed by atoms with E-state index in [9.17, 15) is 18.7 Å². The van der Waals surface area contributed by atoms with Gasteiger partial charge in [-0.1, -0.05) is 0 Å². The maximum atomic E-state index is 13.5. The van der Waals surface area contributed by atoms with Crippen LogP contribution in [0, 0.1) is 5.82 Å². The van der Waals surface area contributed by atoms with Crippen molar-refractivity contribution in [2.75, 3.05) is 43.4 Å². The van der Waals surface area contributed by atoms with Crippen molar-refractivity contribution in [3.63, 3.8) is 0 Å². The fourth-order valence-electron chi connectivity index (χ4n) is 4.81. The second-order valence-electron chi connectivity index (χ2n) is 9.74. The Balaban J connectivity index is 1.15. The fourth-order valence-corrected chi connectivity index (χ4v) is 4.81. The number of benzene rings is 2. The molecule has 0 radical (unpaired) electrons. The van der Waals surface area contributed by atoms with Crippen molar-refractivity contribution >= 4 is 29.0 Å². The van der Waals surface area contributed by atoms with Gasteiger partial charge in [-0.2, -0.15) is 4.98 Å². The molecule has 3 aromatic rings. The molecule has 5 rings (SSSR count). The summed E-state index contributed by atoms with van der Waals surface area (Å²) in [6.07, 6.45) is 2.28. The minimum Gasteiger partial charge on any atom is -0.388 e. The second-order valence-corrected chi connectivity index (χ2v) is 9.74. The lowest BCUT2D eigenvalue weighted by molar-refractivity contribution is -0.0374. The van der Waals surface area contributed by atoms with Crippen LogP contribution >= 0.6 is 0 Å². The molecule has 1 atom stereocenters. The average Bonchev–Trinajstić information content (AvgIpc) is 3.30. The van der Waals surface area contributed by atoms with Crippen LogP contribution in [0.15, 0.2) is 60.8 Å². The summed E-state index contributed by atoms with van der Waals surface area (Å²) in [7, 11) is 0. The number of amides is 1. The first kappa shape index (κ1) is 25.0. The number of halogens is 2. The number of nitrogens with one attached hydrogen (secondary N) is 2. The first-order valence-electron chi connectivity index (χ1n) is 12.5. The molecule has 1 amide bonds. The van der Waals surface area contributed by atoms with E-state index >= 15 is 0 Å². The van der Waals surface area contributed by atoms with Crippen LogP contribution in [0.25, 0.3) is 0 Å². The molecule has 2 aliphatic rings. The van der Waals surface area contributed by atoms with Gasteiger partial charge in [0.1, 0.15) is 17.8 Å². The number of carbonyl (C=O) groups excluding carboxylic acids is 1. The van der Waals surface area contributed by atoms with E-state index in [1.807, 2.05) is 4.90 Å². The molecule has 0 spiro atoms. The van der Waals surface area contributed by atoms with Gasteiger partial charge in [0.25, 0.3) is 5.91 Å². The van der Waals surface area contributed by atoms with Crippen LogP contribution in [0.4, 0.5) is 31.9 Å². The molecule has 3 heterocycles. The highest BCUT2D eigenvalue weighted by Crippen LogP contribution is 2.27. The van der Waals surface area contributed by atoms with Crippen molar-refractivity contribution in [2.24, 2.45) is 0 Å². The Labute approximate surface area is 214 Å². The molecule has 0 bridgehead atoms. The zero-order valence-electron chi connectivity index (χ0n) is 20.4. The molecule has 0 aliphatic carbocycles. The SMILES string of the molecule is O=C(c1ccc(Nc2nccc(Nc3ccc(F)cc3)n2)cc1)N1CCC(O)(CN2CC[C@H](F)C2)CC1. The number of anilines is 4. The van der Waals surface area contributed by atoms with Gasteiger partial charge in [-0.05, 0) is 73.9 Å². The summed E-state index contributed by atoms with van der Waals surface area (Å²) in [4.78, 5) is 25.4. The summed E-state index contributed by atoms with van der Waals surface area (Å²) in [5, 5.41) is 17.2. The lowest BCUT2D eigenvalue weighted by Gasteiger charge is -2.40. The molecular weight excluding hydrogens is 478 g/mol. The Kier molecular flexibility index (Phi) is 7.29. The minimum atomic E-state index is -0.880. The fraction of sp³-hybridized carbons (Fsp3) is 0.370. The summed E-state index contributed by atoms with van der Waals surface area (Å²) < 4.78 is 26.6. The zero-order chi connectivity index (χ0) is 25.8. The number of carbonyl (C=O) groups is 1. The molecular formula is C27H30F2N6O2. The molecule has 194 valence electrons. The Morgan fingerprint density at radius 1 is 1.00 bits per heavy atom. The molecule has 8 nitrogen and oxygen atoms in total. The summed E-state index contributed by atoms with van der Waals surface area (Å²) >= 11 is 0. The van der Waals surface area contributed by atoms with Gasteiger partial charge in [0.15, 0.2) is 0 Å². The maximum Gasteiger partial charge on any atom is 0.253 e. The van der Waals surface area contributed by atoms with Crippen LogP contribution in [0.3, 0.4) is 0 Å². The van der Waals surface area contributed by atoms with E-state index in [0.717, 1.165) is 5.69 Å². The number of aromatic nitrogens is 2. The van der Waals surface area contributed by atoms with Crippen LogP contribution in [0.1, 0.15) is 29.6 Å². The lowest BCUT2D eigenvalue weighted by Crippen LogP contribution is -2.51. The Hall–Kier alpha value is -3.63. The van der Waals surface area contributed by atoms with E-state index in [0.29, 0.717) is 75.0 Å². The van der Waals surface area contributed by atoms with Crippen LogP contribution in [-0.4, -0.2) is 75.3 Å². The average molecular weight is 509 g/mol. The van der Waals surface area contributed by atoms with Gasteiger partial charge in [-0.25, -0.2) is 13.8 Å². The van der Waals surface area contributed by atoms with Gasteiger partial charge in [0, 0.05) is 55.9 Å². The second kappa shape index (κ2) is 10.8. The summed E-state index contributed by atoms with van der Waals surface area (Å²) in [5.41, 5.74) is 1.10. The van der Waals surface area contributed by atoms with Crippen molar-refractivity contribution in [2.45, 2.75) is 31.0 Å². The maximum absolute atomic E-state index is 13.5. The molecule has 10 heteroatoms. The molecule has 1 aromatic heterocycles. The van der Waals surface area contributed by atoms with Gasteiger partial charge < -0.3 is 20.6 Å². The monoisotopic (exact) mass is 508 g/mol. The molecule has 3 N–H and O–H groups in total. The van der Waals surface area contributed by atoms with E-state index in [4.69, 9.17) is 0 Å². The third-order valence-electron chi connectivity index (χ3n) is 6.87. The number of β-amino-alcohol motifs (C(OH)–C–C–N with tert-alkyl or cyclic N) is 1. The highest BCUT2D eigenvalue weighted by Gasteiger charge is 2.37. The molecule has 2 saturated heterocycles. The van der Waals surface area contributed by atoms with Crippen molar-refractivity contribution < 1.29 is 18.7 Å². The molecule has 2 aromatic carbocycles. The van der Waals surface area contributed by atoms with Gasteiger partial charge in [0.05, 0.1) is 5.60 Å². The Bertz CT molecular complexity index is 1220. The number of hydrogen-bond acceptors (Lipinski definition) is 7. The third kappa shape index (κ3) is 6.39. The van der Waals surface area contributed by atoms with E-state index < -0.39 is 11.8 Å². The predicted molar refractivity (Wildman–Crippen MR) is 137 cm³/mol. The van der Waals surface area contributed by atoms with E-state index in [-0.39, 0.29) is 11.7 Å². The molecule has 2 fully saturated rings. The zero-order valence-corrected chi connectivity index (χ0v) is 20.4. The summed E-state index contributed by atoms with van der Waals surface area (Å²) in [6, 6.07) is 14.8. The first-order valence-corrected chi connectivity index (χ1v) is 12.5. The van der Waals surface area contributed by atoms with Gasteiger partial charge in [-0.15, -0.1) is 0 Å². The topological polar surface area (TPSA) is 93.6 Å². The number of hydrogen-bond donors (Lipinski definition) is 3. The number of alkyl halides is 1. The number of likely N-dealkylation sites (tertiary alicyclic amines) is 2. The van der Waals surface area contributed by atoms with Crippen LogP contribution in [0.2, 0.25) is 0 Å². The summed E-state index contributed by atoms with van der Waals surface area (Å²) in [5.74, 6) is 0.531. The lowest BCUT2D eigenvalue weighted by atomic mass is 9.90. The third-order valence-corrected chi connectivity index (χ3v) is 6.87. The minimum absolute atomic E-state index is 0.0830. The van der Waals surface area contributed by atoms with E-state index in [2.05, 4.69) is 20.6 Å². The van der Waals surface area contributed by atoms with E-state index in [1.54, 1.807) is 53.6 Å². The molecule has 0 saturated carbocycles. The number of aliphatic hydroxyl groups is 1. The van der Waals surface area contributed by atoms with Gasteiger partial charge in [-0.3, -0.25) is 9.69 Å². The Morgan fingerprint density at radius 2 is 1.68 bits per heavy atom. The number of piperidine rings is 1. The van der Waals surface area contributed by atoms with Gasteiger partial charge >= 0.3 is 0 Å². The number of rotatable bonds is 7. The van der Waals surface area contributed by atoms with Crippen molar-refractivity contribution in [1.82, 2.24) is 19.8 Å². The normalized spacial score (nSPS) is 19.5. The molecule has 0 unspecified atom stereocenters. The van der Waals surface area contributed by atoms with E-state index in [1.165, 1.54) is 12.1 Å². The van der Waals surface area contributed by atoms with Crippen LogP contribution < -0.4 is 10.6 Å². The largest absolute Gasteiger partial charge is 0.388 e. The smallest absolute Gasteiger partial charge is 0.253 e. The first-order chi connectivity index (χ1) is 17.8. The molecule has 37 heavy (non-hydrogen) atoms. The van der Waals surface area contributed by atoms with Crippen LogP contribution in [0.5, 0.6) is 0 Å². The highest BCUT2D eigenvalue weighted by molar-refractivity contribution is 5.94. The Morgan fingerprint density at radius 3 is 2.35 bits per heavy atom. The predicted octanol–water partition coefficient (Wildman–Crippen LogP) is 4.11. The van der Waals surface area contributed by atoms with Gasteiger partial charge in [0.2, 0.25) is 5.95 Å². The standard InChI is InChI=1S/C27H30F2N6O2/c28-20-3-7-22(8-4-20)31-24-9-13-30-26(33-24)32-23-5-1-19(2-6-23)25(36)35-15-11-27(37,12-16-35)18-34-14-10-21(29)17-34/h1-9,13,21,37H,10-12,14-18H2,(H2,30,31,32,33)/t21-/m0/s1. The number of nitrogens with zero attached hydrogens (tertiary/aromatic N) is 4. The summed E-state index contributed by atoms with van der Waals surface area (Å²) in [6.45, 7) is 2.43. The highest BCUT2D eigenvalue weighted by atomic mass is 19.1. The molecule has 2 aliphatic heterocycles. The van der Waals surface area contributed by atoms with Crippen LogP contribution in [-0.2, 0) is 0 Å². The van der Waals surface area contributed by atoms with Crippen molar-refractivity contribution in [3.05, 3.63) is 72.2 Å². The quantitative estimate of drug-likeness (QED) is 0.442. The van der Waals surface area contributed by atoms with Crippen molar-refractivity contribution in [1.29, 1.82) is 0 Å².